The lowest BCUT2D eigenvalue weighted by Crippen LogP contribution is -2.48. The minimum Gasteiger partial charge on any atom is -0.353 e. The van der Waals surface area contributed by atoms with Crippen molar-refractivity contribution in [3.8, 4) is 17.5 Å². The largest absolute Gasteiger partial charge is 0.353 e. The molecule has 0 bridgehead atoms. The molecule has 3 aromatic rings. The van der Waals surface area contributed by atoms with Gasteiger partial charge in [-0.15, -0.1) is 0 Å². The standard InChI is InChI=1S/C28H32ClF2N8P.C2H6/c1-28(31,40)21-6-3-9-33-26(21)38-13-11-37(12-14-38)25-16-24(19-7-8-23(30)22(29)15-19)34-27(35-25)39-10-4-5-20(39)17-36(2)18-32;1-2/h3,6-9,15-16,20H,4-5,10-14,17,40H2,1-2H3;1-2H3. The summed E-state index contributed by atoms with van der Waals surface area (Å²) in [5.74, 6) is 1.49. The van der Waals surface area contributed by atoms with Gasteiger partial charge in [0.1, 0.15) is 22.9 Å². The van der Waals surface area contributed by atoms with Crippen LogP contribution in [0.2, 0.25) is 5.02 Å². The molecule has 1 aromatic carbocycles. The van der Waals surface area contributed by atoms with Gasteiger partial charge in [0, 0.05) is 69.7 Å². The molecule has 2 aliphatic heterocycles. The van der Waals surface area contributed by atoms with Crippen LogP contribution in [-0.2, 0) is 5.41 Å². The zero-order chi connectivity index (χ0) is 30.4. The van der Waals surface area contributed by atoms with Crippen LogP contribution >= 0.6 is 20.8 Å². The Balaban J connectivity index is 0.00000198. The average molecular weight is 615 g/mol. The summed E-state index contributed by atoms with van der Waals surface area (Å²) in [6, 6.07) is 10.1. The van der Waals surface area contributed by atoms with E-state index in [9.17, 15) is 14.0 Å². The first-order valence-corrected chi connectivity index (χ1v) is 15.2. The van der Waals surface area contributed by atoms with Gasteiger partial charge in [-0.05, 0) is 44.0 Å². The molecule has 2 aromatic heterocycles. The van der Waals surface area contributed by atoms with Gasteiger partial charge in [0.25, 0.3) is 0 Å². The lowest BCUT2D eigenvalue weighted by atomic mass is 10.1. The second-order valence-corrected chi connectivity index (χ2v) is 11.9. The molecule has 4 heterocycles. The van der Waals surface area contributed by atoms with Crippen molar-refractivity contribution in [1.82, 2.24) is 19.9 Å². The number of anilines is 3. The Labute approximate surface area is 254 Å². The van der Waals surface area contributed by atoms with Gasteiger partial charge >= 0.3 is 0 Å². The van der Waals surface area contributed by atoms with E-state index in [-0.39, 0.29) is 11.1 Å². The summed E-state index contributed by atoms with van der Waals surface area (Å²) in [7, 11) is 4.03. The summed E-state index contributed by atoms with van der Waals surface area (Å²) >= 11 is 6.12. The van der Waals surface area contributed by atoms with E-state index < -0.39 is 11.2 Å². The minimum absolute atomic E-state index is 0.0302. The van der Waals surface area contributed by atoms with Gasteiger partial charge in [0.15, 0.2) is 6.19 Å². The molecular formula is C30H38ClF2N8P. The fourth-order valence-corrected chi connectivity index (χ4v) is 5.75. The topological polar surface area (TPSA) is 75.4 Å². The number of benzene rings is 1. The quantitative estimate of drug-likeness (QED) is 0.180. The van der Waals surface area contributed by atoms with Gasteiger partial charge in [-0.1, -0.05) is 40.8 Å². The molecule has 0 radical (unpaired) electrons. The molecule has 3 unspecified atom stereocenters. The molecule has 0 amide bonds. The lowest BCUT2D eigenvalue weighted by Gasteiger charge is -2.38. The third-order valence-corrected chi connectivity index (χ3v) is 8.02. The monoisotopic (exact) mass is 614 g/mol. The summed E-state index contributed by atoms with van der Waals surface area (Å²) in [6.45, 7) is 9.45. The fourth-order valence-electron chi connectivity index (χ4n) is 5.34. The molecule has 2 saturated heterocycles. The van der Waals surface area contributed by atoms with E-state index >= 15 is 0 Å². The van der Waals surface area contributed by atoms with Crippen LogP contribution in [0.25, 0.3) is 11.3 Å². The molecule has 8 nitrogen and oxygen atoms in total. The summed E-state index contributed by atoms with van der Waals surface area (Å²) in [5.41, 5.74) is 1.88. The maximum atomic E-state index is 14.9. The number of hydrogen-bond donors (Lipinski definition) is 0. The van der Waals surface area contributed by atoms with Crippen LogP contribution in [0.4, 0.5) is 26.4 Å². The van der Waals surface area contributed by atoms with Crippen molar-refractivity contribution in [2.75, 3.05) is 61.0 Å². The van der Waals surface area contributed by atoms with Crippen molar-refractivity contribution in [3.05, 3.63) is 59.0 Å². The summed E-state index contributed by atoms with van der Waals surface area (Å²) in [5, 5.41) is 7.77. The SMILES string of the molecule is CC.CN(C#N)CC1CCCN1c1nc(-c2ccc(F)c(Cl)c2)cc(N2CCN(c3ncccc3C(C)(F)P)CC2)n1. The summed E-state index contributed by atoms with van der Waals surface area (Å²) in [6.07, 6.45) is 5.78. The van der Waals surface area contributed by atoms with E-state index in [1.807, 2.05) is 19.9 Å². The number of likely N-dealkylation sites (N-methyl/N-ethyl adjacent to an activating group) is 1. The van der Waals surface area contributed by atoms with Gasteiger partial charge < -0.3 is 19.6 Å². The molecule has 2 aliphatic rings. The number of aromatic nitrogens is 3. The van der Waals surface area contributed by atoms with E-state index in [1.165, 1.54) is 13.0 Å². The molecular weight excluding hydrogens is 577 g/mol. The second-order valence-electron chi connectivity index (χ2n) is 10.4. The Bertz CT molecular complexity index is 1400. The number of nitriles is 1. The van der Waals surface area contributed by atoms with Crippen LogP contribution < -0.4 is 14.7 Å². The molecule has 224 valence electrons. The van der Waals surface area contributed by atoms with E-state index in [2.05, 4.69) is 35.1 Å². The number of nitrogens with zero attached hydrogens (tertiary/aromatic N) is 8. The maximum Gasteiger partial charge on any atom is 0.228 e. The third-order valence-electron chi connectivity index (χ3n) is 7.42. The zero-order valence-corrected chi connectivity index (χ0v) is 26.5. The second kappa shape index (κ2) is 13.8. The summed E-state index contributed by atoms with van der Waals surface area (Å²) in [4.78, 5) is 22.4. The van der Waals surface area contributed by atoms with E-state index in [1.54, 1.807) is 42.4 Å². The van der Waals surface area contributed by atoms with Crippen LogP contribution in [0.3, 0.4) is 0 Å². The van der Waals surface area contributed by atoms with E-state index in [4.69, 9.17) is 21.6 Å². The fraction of sp³-hybridized carbons (Fsp3) is 0.467. The minimum atomic E-state index is -1.58. The van der Waals surface area contributed by atoms with Crippen LogP contribution in [0.5, 0.6) is 0 Å². The highest BCUT2D eigenvalue weighted by molar-refractivity contribution is 7.18. The molecule has 0 saturated carbocycles. The predicted molar refractivity (Wildman–Crippen MR) is 169 cm³/mol. The molecule has 0 N–H and O–H groups in total. The van der Waals surface area contributed by atoms with Gasteiger partial charge in [0.05, 0.1) is 16.8 Å². The highest BCUT2D eigenvalue weighted by Gasteiger charge is 2.31. The molecule has 12 heteroatoms. The average Bonchev–Trinajstić information content (AvgIpc) is 3.47. The van der Waals surface area contributed by atoms with Gasteiger partial charge in [0.2, 0.25) is 5.95 Å². The number of halogens is 3. The van der Waals surface area contributed by atoms with Crippen LogP contribution in [0, 0.1) is 17.3 Å². The van der Waals surface area contributed by atoms with Crippen LogP contribution in [0.15, 0.2) is 42.6 Å². The van der Waals surface area contributed by atoms with Gasteiger partial charge in [-0.2, -0.15) is 10.2 Å². The first-order valence-electron chi connectivity index (χ1n) is 14.3. The van der Waals surface area contributed by atoms with Crippen molar-refractivity contribution >= 4 is 38.4 Å². The maximum absolute atomic E-state index is 14.9. The Morgan fingerprint density at radius 1 is 1.12 bits per heavy atom. The Morgan fingerprint density at radius 3 is 2.50 bits per heavy atom. The highest BCUT2D eigenvalue weighted by atomic mass is 35.5. The van der Waals surface area contributed by atoms with Crippen molar-refractivity contribution < 1.29 is 8.78 Å². The van der Waals surface area contributed by atoms with E-state index in [0.29, 0.717) is 61.3 Å². The lowest BCUT2D eigenvalue weighted by molar-refractivity contribution is 0.323. The molecule has 0 aliphatic carbocycles. The first-order chi connectivity index (χ1) is 20.1. The van der Waals surface area contributed by atoms with Gasteiger partial charge in [-0.3, -0.25) is 0 Å². The molecule has 3 atom stereocenters. The highest BCUT2D eigenvalue weighted by Crippen LogP contribution is 2.38. The summed E-state index contributed by atoms with van der Waals surface area (Å²) < 4.78 is 28.8. The Kier molecular flexibility index (Phi) is 10.4. The Hall–Kier alpha value is -3.28. The number of hydrogen-bond acceptors (Lipinski definition) is 8. The number of alkyl halides is 1. The third kappa shape index (κ3) is 7.19. The molecule has 2 fully saturated rings. The zero-order valence-electron chi connectivity index (χ0n) is 24.6. The smallest absolute Gasteiger partial charge is 0.228 e. The Morgan fingerprint density at radius 2 is 1.83 bits per heavy atom. The first kappa shape index (κ1) is 31.7. The van der Waals surface area contributed by atoms with Crippen molar-refractivity contribution in [3.63, 3.8) is 0 Å². The molecule has 42 heavy (non-hydrogen) atoms. The number of pyridine rings is 1. The normalized spacial score (nSPS) is 18.2. The van der Waals surface area contributed by atoms with Crippen molar-refractivity contribution in [2.45, 2.75) is 45.1 Å². The number of piperazine rings is 1. The van der Waals surface area contributed by atoms with E-state index in [0.717, 1.165) is 25.2 Å². The van der Waals surface area contributed by atoms with Crippen LogP contribution in [-0.4, -0.2) is 72.2 Å². The molecule has 0 spiro atoms. The predicted octanol–water partition coefficient (Wildman–Crippen LogP) is 6.08. The van der Waals surface area contributed by atoms with Gasteiger partial charge in [-0.25, -0.2) is 18.7 Å². The van der Waals surface area contributed by atoms with Crippen molar-refractivity contribution in [2.24, 2.45) is 0 Å². The molecule has 5 rings (SSSR count). The van der Waals surface area contributed by atoms with Crippen molar-refractivity contribution in [1.29, 1.82) is 5.26 Å². The number of rotatable bonds is 7. The van der Waals surface area contributed by atoms with Crippen LogP contribution in [0.1, 0.15) is 39.2 Å².